The van der Waals surface area contributed by atoms with Gasteiger partial charge in [-0.2, -0.15) is 5.10 Å². The highest BCUT2D eigenvalue weighted by molar-refractivity contribution is 5.92. The van der Waals surface area contributed by atoms with Crippen molar-refractivity contribution in [2.45, 2.75) is 50.8 Å². The first-order chi connectivity index (χ1) is 12.7. The van der Waals surface area contributed by atoms with Gasteiger partial charge in [0.2, 0.25) is 0 Å². The highest BCUT2D eigenvalue weighted by Gasteiger charge is 2.26. The molecule has 2 aromatic rings. The van der Waals surface area contributed by atoms with E-state index in [0.29, 0.717) is 18.9 Å². The molecule has 136 valence electrons. The van der Waals surface area contributed by atoms with Crippen molar-refractivity contribution in [3.05, 3.63) is 52.0 Å². The highest BCUT2D eigenvalue weighted by atomic mass is 16.5. The second-order valence-electron chi connectivity index (χ2n) is 6.77. The van der Waals surface area contributed by atoms with Gasteiger partial charge in [-0.1, -0.05) is 0 Å². The number of aromatic nitrogens is 4. The van der Waals surface area contributed by atoms with Crippen molar-refractivity contribution < 1.29 is 9.53 Å². The molecule has 0 spiro atoms. The predicted octanol–water partition coefficient (Wildman–Crippen LogP) is 1.02. The van der Waals surface area contributed by atoms with Gasteiger partial charge in [-0.15, -0.1) is 0 Å². The van der Waals surface area contributed by atoms with Crippen molar-refractivity contribution in [1.29, 1.82) is 0 Å². The standard InChI is InChI=1S/C18H21N5O3/c24-17-9-12-11-26-8-5-15(12)22-23(17)14-3-1-13(2-4-14)21-18(25)16-10-19-6-7-20-16/h6-7,9-10,13-14H,1-5,8,11H2,(H,21,25). The van der Waals surface area contributed by atoms with Crippen LogP contribution in [0.5, 0.6) is 0 Å². The SMILES string of the molecule is O=C(NC1CCC(n2nc3c(cc2=O)COCC3)CC1)c1cnccn1. The number of fused-ring (bicyclic) bond motifs is 1. The molecule has 0 atom stereocenters. The van der Waals surface area contributed by atoms with Gasteiger partial charge >= 0.3 is 0 Å². The van der Waals surface area contributed by atoms with Crippen LogP contribution >= 0.6 is 0 Å². The number of nitrogens with zero attached hydrogens (tertiary/aromatic N) is 4. The van der Waals surface area contributed by atoms with Crippen molar-refractivity contribution in [3.8, 4) is 0 Å². The summed E-state index contributed by atoms with van der Waals surface area (Å²) in [5, 5.41) is 7.59. The first kappa shape index (κ1) is 16.8. The van der Waals surface area contributed by atoms with Crippen LogP contribution in [0, 0.1) is 0 Å². The monoisotopic (exact) mass is 355 g/mol. The summed E-state index contributed by atoms with van der Waals surface area (Å²) in [6, 6.07) is 1.83. The number of hydrogen-bond acceptors (Lipinski definition) is 6. The molecule has 1 aliphatic heterocycles. The maximum absolute atomic E-state index is 12.4. The Hall–Kier alpha value is -2.61. The molecule has 1 saturated carbocycles. The molecule has 2 aliphatic rings. The maximum Gasteiger partial charge on any atom is 0.271 e. The second-order valence-corrected chi connectivity index (χ2v) is 6.77. The van der Waals surface area contributed by atoms with Gasteiger partial charge in [0, 0.05) is 36.5 Å². The normalized spacial score (nSPS) is 22.5. The van der Waals surface area contributed by atoms with E-state index in [1.54, 1.807) is 10.7 Å². The summed E-state index contributed by atoms with van der Waals surface area (Å²) in [6.07, 6.45) is 8.50. The zero-order chi connectivity index (χ0) is 17.9. The van der Waals surface area contributed by atoms with E-state index in [9.17, 15) is 9.59 Å². The molecular formula is C18H21N5O3. The lowest BCUT2D eigenvalue weighted by atomic mass is 9.91. The lowest BCUT2D eigenvalue weighted by Gasteiger charge is -2.30. The Morgan fingerprint density at radius 1 is 1.23 bits per heavy atom. The molecule has 4 rings (SSSR count). The quantitative estimate of drug-likeness (QED) is 0.882. The van der Waals surface area contributed by atoms with Crippen molar-refractivity contribution in [3.63, 3.8) is 0 Å². The summed E-state index contributed by atoms with van der Waals surface area (Å²) >= 11 is 0. The smallest absolute Gasteiger partial charge is 0.271 e. The fourth-order valence-electron chi connectivity index (χ4n) is 3.63. The average Bonchev–Trinajstić information content (AvgIpc) is 2.69. The minimum Gasteiger partial charge on any atom is -0.376 e. The molecule has 2 aromatic heterocycles. The number of rotatable bonds is 3. The summed E-state index contributed by atoms with van der Waals surface area (Å²) in [4.78, 5) is 32.5. The van der Waals surface area contributed by atoms with E-state index < -0.39 is 0 Å². The van der Waals surface area contributed by atoms with Gasteiger partial charge in [0.15, 0.2) is 0 Å². The van der Waals surface area contributed by atoms with Crippen molar-refractivity contribution in [1.82, 2.24) is 25.1 Å². The van der Waals surface area contributed by atoms with E-state index in [0.717, 1.165) is 43.4 Å². The minimum absolute atomic E-state index is 0.0682. The van der Waals surface area contributed by atoms with E-state index in [1.165, 1.54) is 18.6 Å². The zero-order valence-electron chi connectivity index (χ0n) is 14.4. The molecule has 1 N–H and O–H groups in total. The summed E-state index contributed by atoms with van der Waals surface area (Å²) in [7, 11) is 0. The molecule has 8 nitrogen and oxygen atoms in total. The van der Waals surface area contributed by atoms with Crippen LogP contribution in [0.15, 0.2) is 29.5 Å². The van der Waals surface area contributed by atoms with Gasteiger partial charge in [-0.25, -0.2) is 9.67 Å². The molecule has 0 saturated heterocycles. The molecule has 3 heterocycles. The summed E-state index contributed by atoms with van der Waals surface area (Å²) < 4.78 is 7.02. The molecule has 1 amide bonds. The van der Waals surface area contributed by atoms with Crippen LogP contribution in [0.2, 0.25) is 0 Å². The van der Waals surface area contributed by atoms with Crippen LogP contribution in [-0.2, 0) is 17.8 Å². The van der Waals surface area contributed by atoms with E-state index in [2.05, 4.69) is 20.4 Å². The van der Waals surface area contributed by atoms with E-state index >= 15 is 0 Å². The first-order valence-electron chi connectivity index (χ1n) is 8.97. The fraction of sp³-hybridized carbons (Fsp3) is 0.500. The van der Waals surface area contributed by atoms with Crippen LogP contribution in [0.25, 0.3) is 0 Å². The Kier molecular flexibility index (Phi) is 4.75. The third-order valence-corrected chi connectivity index (χ3v) is 5.04. The Morgan fingerprint density at radius 3 is 2.85 bits per heavy atom. The third-order valence-electron chi connectivity index (χ3n) is 5.04. The second kappa shape index (κ2) is 7.33. The van der Waals surface area contributed by atoms with Gasteiger partial charge in [0.1, 0.15) is 5.69 Å². The van der Waals surface area contributed by atoms with Crippen molar-refractivity contribution in [2.24, 2.45) is 0 Å². The Morgan fingerprint density at radius 2 is 2.08 bits per heavy atom. The average molecular weight is 355 g/mol. The fourth-order valence-corrected chi connectivity index (χ4v) is 3.63. The van der Waals surface area contributed by atoms with Crippen molar-refractivity contribution >= 4 is 5.91 Å². The minimum atomic E-state index is -0.203. The van der Waals surface area contributed by atoms with E-state index in [-0.39, 0.29) is 23.6 Å². The molecule has 1 fully saturated rings. The van der Waals surface area contributed by atoms with Gasteiger partial charge in [-0.05, 0) is 25.7 Å². The largest absolute Gasteiger partial charge is 0.376 e. The van der Waals surface area contributed by atoms with Crippen LogP contribution in [0.3, 0.4) is 0 Å². The number of carbonyl (C=O) groups is 1. The predicted molar refractivity (Wildman–Crippen MR) is 92.6 cm³/mol. The van der Waals surface area contributed by atoms with Crippen LogP contribution < -0.4 is 10.9 Å². The number of carbonyl (C=O) groups excluding carboxylic acids is 1. The van der Waals surface area contributed by atoms with Gasteiger partial charge in [-0.3, -0.25) is 14.6 Å². The maximum atomic E-state index is 12.4. The van der Waals surface area contributed by atoms with Gasteiger partial charge < -0.3 is 10.1 Å². The Balaban J connectivity index is 1.39. The third kappa shape index (κ3) is 3.50. The van der Waals surface area contributed by atoms with E-state index in [4.69, 9.17) is 4.74 Å². The zero-order valence-corrected chi connectivity index (χ0v) is 14.4. The molecule has 0 aromatic carbocycles. The molecular weight excluding hydrogens is 334 g/mol. The van der Waals surface area contributed by atoms with Gasteiger partial charge in [0.25, 0.3) is 11.5 Å². The molecule has 1 aliphatic carbocycles. The molecule has 0 radical (unpaired) electrons. The summed E-state index contributed by atoms with van der Waals surface area (Å²) in [5.74, 6) is -0.203. The molecule has 0 bridgehead atoms. The Labute approximate surface area is 150 Å². The van der Waals surface area contributed by atoms with Crippen LogP contribution in [0.1, 0.15) is 53.5 Å². The lowest BCUT2D eigenvalue weighted by Crippen LogP contribution is -2.40. The van der Waals surface area contributed by atoms with Gasteiger partial charge in [0.05, 0.1) is 31.1 Å². The molecule has 26 heavy (non-hydrogen) atoms. The first-order valence-corrected chi connectivity index (χ1v) is 8.97. The number of nitrogens with one attached hydrogen (secondary N) is 1. The van der Waals surface area contributed by atoms with Crippen LogP contribution in [-0.4, -0.2) is 38.3 Å². The molecule has 8 heteroatoms. The lowest BCUT2D eigenvalue weighted by molar-refractivity contribution is 0.0915. The number of ether oxygens (including phenoxy) is 1. The molecule has 0 unspecified atom stereocenters. The topological polar surface area (TPSA) is 99.0 Å². The van der Waals surface area contributed by atoms with Crippen molar-refractivity contribution in [2.75, 3.05) is 6.61 Å². The highest BCUT2D eigenvalue weighted by Crippen LogP contribution is 2.27. The summed E-state index contributed by atoms with van der Waals surface area (Å²) in [5.41, 5.74) is 2.13. The summed E-state index contributed by atoms with van der Waals surface area (Å²) in [6.45, 7) is 1.12. The Bertz CT molecular complexity index is 844. The van der Waals surface area contributed by atoms with Crippen LogP contribution in [0.4, 0.5) is 0 Å². The number of amides is 1. The van der Waals surface area contributed by atoms with E-state index in [1.807, 2.05) is 0 Å². The number of hydrogen-bond donors (Lipinski definition) is 1.